The van der Waals surface area contributed by atoms with Gasteiger partial charge >= 0.3 is 0 Å². The maximum atomic E-state index is 3.64. The van der Waals surface area contributed by atoms with Crippen molar-refractivity contribution in [1.29, 1.82) is 0 Å². The van der Waals surface area contributed by atoms with E-state index in [1.165, 1.54) is 56.1 Å². The number of rotatable bonds is 9. The molecule has 106 valence electrons. The monoisotopic (exact) mass is 259 g/mol. The van der Waals surface area contributed by atoms with Gasteiger partial charge in [0.15, 0.2) is 0 Å². The highest BCUT2D eigenvalue weighted by atomic mass is 14.9. The smallest absolute Gasteiger partial charge is 0.0207 e. The van der Waals surface area contributed by atoms with Gasteiger partial charge in [-0.2, -0.15) is 0 Å². The van der Waals surface area contributed by atoms with Gasteiger partial charge in [-0.3, -0.25) is 0 Å². The molecule has 0 bridgehead atoms. The molecule has 1 atom stereocenters. The topological polar surface area (TPSA) is 12.0 Å². The van der Waals surface area contributed by atoms with E-state index in [0.717, 1.165) is 12.5 Å². The van der Waals surface area contributed by atoms with Crippen LogP contribution < -0.4 is 5.32 Å². The van der Waals surface area contributed by atoms with Gasteiger partial charge < -0.3 is 5.32 Å². The summed E-state index contributed by atoms with van der Waals surface area (Å²) in [5.74, 6) is 0.875. The molecular weight excluding hydrogens is 230 g/mol. The molecule has 0 saturated heterocycles. The first-order valence-electron chi connectivity index (χ1n) is 8.12. The van der Waals surface area contributed by atoms with Crippen LogP contribution in [0.2, 0.25) is 0 Å². The zero-order chi connectivity index (χ0) is 13.5. The molecule has 1 unspecified atom stereocenters. The summed E-state index contributed by atoms with van der Waals surface area (Å²) in [7, 11) is 0. The van der Waals surface area contributed by atoms with Crippen molar-refractivity contribution in [2.24, 2.45) is 0 Å². The molecule has 1 aromatic carbocycles. The standard InChI is InChI=1S/C18H29N/c1-3-4-5-6-7-15(2)19-14-16-8-10-17(11-9-16)18-12-13-18/h8-11,15,18-19H,3-7,12-14H2,1-2H3. The molecule has 0 heterocycles. The Hall–Kier alpha value is -0.820. The van der Waals surface area contributed by atoms with Gasteiger partial charge in [-0.15, -0.1) is 0 Å². The molecule has 1 nitrogen and oxygen atoms in total. The van der Waals surface area contributed by atoms with E-state index in [2.05, 4.69) is 43.4 Å². The van der Waals surface area contributed by atoms with E-state index in [-0.39, 0.29) is 0 Å². The van der Waals surface area contributed by atoms with Crippen molar-refractivity contribution in [2.45, 2.75) is 77.3 Å². The number of hydrogen-bond acceptors (Lipinski definition) is 1. The van der Waals surface area contributed by atoms with E-state index in [4.69, 9.17) is 0 Å². The van der Waals surface area contributed by atoms with Gasteiger partial charge in [0, 0.05) is 12.6 Å². The number of unbranched alkanes of at least 4 members (excludes halogenated alkanes) is 3. The van der Waals surface area contributed by atoms with Crippen LogP contribution in [0.25, 0.3) is 0 Å². The van der Waals surface area contributed by atoms with E-state index in [1.807, 2.05) is 0 Å². The van der Waals surface area contributed by atoms with Gasteiger partial charge in [-0.1, -0.05) is 56.9 Å². The third-order valence-corrected chi connectivity index (χ3v) is 4.17. The van der Waals surface area contributed by atoms with Crippen LogP contribution in [-0.2, 0) is 6.54 Å². The molecule has 1 saturated carbocycles. The van der Waals surface area contributed by atoms with Crippen molar-refractivity contribution >= 4 is 0 Å². The van der Waals surface area contributed by atoms with Gasteiger partial charge in [0.1, 0.15) is 0 Å². The van der Waals surface area contributed by atoms with Crippen molar-refractivity contribution in [3.8, 4) is 0 Å². The molecule has 0 amide bonds. The summed E-state index contributed by atoms with van der Waals surface area (Å²) >= 11 is 0. The lowest BCUT2D eigenvalue weighted by Gasteiger charge is -2.14. The molecular formula is C18H29N. The molecule has 19 heavy (non-hydrogen) atoms. The molecule has 2 rings (SSSR count). The fourth-order valence-corrected chi connectivity index (χ4v) is 2.60. The maximum Gasteiger partial charge on any atom is 0.0207 e. The second-order valence-electron chi connectivity index (χ2n) is 6.15. The molecule has 0 radical (unpaired) electrons. The van der Waals surface area contributed by atoms with Gasteiger partial charge in [0.05, 0.1) is 0 Å². The van der Waals surface area contributed by atoms with Crippen molar-refractivity contribution in [3.63, 3.8) is 0 Å². The Morgan fingerprint density at radius 3 is 2.47 bits per heavy atom. The average Bonchev–Trinajstić information content (AvgIpc) is 3.26. The van der Waals surface area contributed by atoms with Crippen LogP contribution in [0, 0.1) is 0 Å². The second kappa shape index (κ2) is 7.69. The van der Waals surface area contributed by atoms with Crippen molar-refractivity contribution in [3.05, 3.63) is 35.4 Å². The number of benzene rings is 1. The fraction of sp³-hybridized carbons (Fsp3) is 0.667. The molecule has 1 heteroatoms. The maximum absolute atomic E-state index is 3.64. The third kappa shape index (κ3) is 5.36. The predicted octanol–water partition coefficient (Wildman–Crippen LogP) is 5.01. The lowest BCUT2D eigenvalue weighted by molar-refractivity contribution is 0.482. The van der Waals surface area contributed by atoms with Crippen LogP contribution in [0.15, 0.2) is 24.3 Å². The Morgan fingerprint density at radius 1 is 1.11 bits per heavy atom. The van der Waals surface area contributed by atoms with Crippen molar-refractivity contribution in [1.82, 2.24) is 5.32 Å². The quantitative estimate of drug-likeness (QED) is 0.614. The Morgan fingerprint density at radius 2 is 1.84 bits per heavy atom. The minimum atomic E-state index is 0.639. The van der Waals surface area contributed by atoms with Crippen LogP contribution in [0.1, 0.15) is 75.8 Å². The summed E-state index contributed by atoms with van der Waals surface area (Å²) in [6.07, 6.45) is 9.56. The van der Waals surface area contributed by atoms with Crippen LogP contribution in [0.4, 0.5) is 0 Å². The van der Waals surface area contributed by atoms with Crippen LogP contribution in [-0.4, -0.2) is 6.04 Å². The first-order chi connectivity index (χ1) is 9.29. The van der Waals surface area contributed by atoms with Crippen LogP contribution in [0.5, 0.6) is 0 Å². The minimum Gasteiger partial charge on any atom is -0.310 e. The van der Waals surface area contributed by atoms with E-state index >= 15 is 0 Å². The normalized spacial score (nSPS) is 16.5. The fourth-order valence-electron chi connectivity index (χ4n) is 2.60. The Bertz CT molecular complexity index is 350. The predicted molar refractivity (Wildman–Crippen MR) is 83.5 cm³/mol. The summed E-state index contributed by atoms with van der Waals surface area (Å²) < 4.78 is 0. The largest absolute Gasteiger partial charge is 0.310 e. The van der Waals surface area contributed by atoms with Gasteiger partial charge in [-0.25, -0.2) is 0 Å². The SMILES string of the molecule is CCCCCCC(C)NCc1ccc(C2CC2)cc1. The first kappa shape index (κ1) is 14.6. The highest BCUT2D eigenvalue weighted by molar-refractivity contribution is 5.27. The van der Waals surface area contributed by atoms with Crippen LogP contribution in [0.3, 0.4) is 0 Å². The Balaban J connectivity index is 1.63. The van der Waals surface area contributed by atoms with E-state index < -0.39 is 0 Å². The van der Waals surface area contributed by atoms with Gasteiger partial charge in [0.2, 0.25) is 0 Å². The third-order valence-electron chi connectivity index (χ3n) is 4.17. The highest BCUT2D eigenvalue weighted by Gasteiger charge is 2.22. The van der Waals surface area contributed by atoms with E-state index in [1.54, 1.807) is 0 Å². The molecule has 1 fully saturated rings. The van der Waals surface area contributed by atoms with E-state index in [0.29, 0.717) is 6.04 Å². The molecule has 0 spiro atoms. The van der Waals surface area contributed by atoms with Crippen LogP contribution >= 0.6 is 0 Å². The summed E-state index contributed by atoms with van der Waals surface area (Å²) in [5, 5.41) is 3.64. The summed E-state index contributed by atoms with van der Waals surface area (Å²) in [4.78, 5) is 0. The lowest BCUT2D eigenvalue weighted by atomic mass is 10.1. The van der Waals surface area contributed by atoms with Crippen molar-refractivity contribution < 1.29 is 0 Å². The molecule has 0 aromatic heterocycles. The second-order valence-corrected chi connectivity index (χ2v) is 6.15. The molecule has 1 aliphatic rings. The Labute approximate surface area is 118 Å². The van der Waals surface area contributed by atoms with E-state index in [9.17, 15) is 0 Å². The van der Waals surface area contributed by atoms with Gasteiger partial charge in [0.25, 0.3) is 0 Å². The summed E-state index contributed by atoms with van der Waals surface area (Å²) in [5.41, 5.74) is 2.96. The average molecular weight is 259 g/mol. The highest BCUT2D eigenvalue weighted by Crippen LogP contribution is 2.39. The van der Waals surface area contributed by atoms with Crippen molar-refractivity contribution in [2.75, 3.05) is 0 Å². The Kier molecular flexibility index (Phi) is 5.91. The lowest BCUT2D eigenvalue weighted by Crippen LogP contribution is -2.25. The summed E-state index contributed by atoms with van der Waals surface area (Å²) in [6, 6.07) is 9.87. The molecule has 0 aliphatic heterocycles. The van der Waals surface area contributed by atoms with Gasteiger partial charge in [-0.05, 0) is 43.2 Å². The number of hydrogen-bond donors (Lipinski definition) is 1. The minimum absolute atomic E-state index is 0.639. The zero-order valence-electron chi connectivity index (χ0n) is 12.6. The summed E-state index contributed by atoms with van der Waals surface area (Å²) in [6.45, 7) is 5.59. The first-order valence-corrected chi connectivity index (χ1v) is 8.12. The zero-order valence-corrected chi connectivity index (χ0v) is 12.6. The molecule has 1 aromatic rings. The molecule has 1 aliphatic carbocycles. The number of nitrogens with one attached hydrogen (secondary N) is 1. The molecule has 1 N–H and O–H groups in total.